The molecule has 2 saturated carbocycles. The summed E-state index contributed by atoms with van der Waals surface area (Å²) in [5.74, 6) is 3.25. The van der Waals surface area contributed by atoms with Crippen LogP contribution in [0.3, 0.4) is 0 Å². The maximum Gasteiger partial charge on any atom is 2.00 e. The Hall–Kier alpha value is 0.423. The molecule has 2 fully saturated rings. The van der Waals surface area contributed by atoms with Gasteiger partial charge in [0, 0.05) is 0 Å². The van der Waals surface area contributed by atoms with E-state index < -0.39 is 0 Å². The summed E-state index contributed by atoms with van der Waals surface area (Å²) in [6, 6.07) is 0. The van der Waals surface area contributed by atoms with E-state index in [-0.39, 0.29) is 51.0 Å². The molecule has 0 spiro atoms. The van der Waals surface area contributed by atoms with E-state index in [4.69, 9.17) is 0 Å². The van der Waals surface area contributed by atoms with Crippen LogP contribution in [0.5, 0.6) is 0 Å². The molecule has 0 aromatic rings. The monoisotopic (exact) mass is 524 g/mol. The number of rotatable bonds is 2. The molecule has 0 aromatic heterocycles. The summed E-state index contributed by atoms with van der Waals surface area (Å²) < 4.78 is 0. The van der Waals surface area contributed by atoms with Crippen molar-refractivity contribution in [1.29, 1.82) is 0 Å². The fourth-order valence-corrected chi connectivity index (χ4v) is 4.80. The molecule has 0 N–H and O–H groups in total. The van der Waals surface area contributed by atoms with Crippen molar-refractivity contribution in [2.24, 2.45) is 23.7 Å². The summed E-state index contributed by atoms with van der Waals surface area (Å²) in [5, 5.41) is 0. The molecule has 4 aliphatic carbocycles. The zero-order valence-electron chi connectivity index (χ0n) is 19.4. The second-order valence-corrected chi connectivity index (χ2v) is 8.59. The zero-order valence-corrected chi connectivity index (χ0v) is 23.4. The second-order valence-electron chi connectivity index (χ2n) is 8.59. The average Bonchev–Trinajstić information content (AvgIpc) is 3.34. The quantitative estimate of drug-likeness (QED) is 0.484. The smallest absolute Gasteiger partial charge is 1.00 e. The second kappa shape index (κ2) is 17.0. The van der Waals surface area contributed by atoms with E-state index in [2.05, 4.69) is 78.7 Å². The molecule has 3 heteroatoms. The van der Waals surface area contributed by atoms with Crippen LogP contribution in [0.2, 0.25) is 0 Å². The Balaban J connectivity index is 0. The molecule has 0 nitrogen and oxygen atoms in total. The summed E-state index contributed by atoms with van der Waals surface area (Å²) in [4.78, 5) is 0. The molecular weight excluding hydrogens is 486 g/mol. The van der Waals surface area contributed by atoms with Crippen LogP contribution in [0.15, 0.2) is 46.6 Å². The molecule has 0 aliphatic heterocycles. The number of unbranched alkanes of at least 4 members (excludes halogenated alkanes) is 2. The van der Waals surface area contributed by atoms with E-state index in [0.717, 1.165) is 36.5 Å². The molecule has 0 heterocycles. The van der Waals surface area contributed by atoms with Crippen molar-refractivity contribution in [3.63, 3.8) is 0 Å². The van der Waals surface area contributed by atoms with Gasteiger partial charge in [0.15, 0.2) is 0 Å². The molecule has 4 unspecified atom stereocenters. The van der Waals surface area contributed by atoms with Gasteiger partial charge >= 0.3 is 26.2 Å². The molecule has 4 atom stereocenters. The minimum atomic E-state index is 0. The third kappa shape index (κ3) is 9.12. The van der Waals surface area contributed by atoms with Crippen LogP contribution in [-0.4, -0.2) is 0 Å². The van der Waals surface area contributed by atoms with Crippen molar-refractivity contribution in [3.05, 3.63) is 73.3 Å². The Morgan fingerprint density at radius 1 is 0.700 bits per heavy atom. The van der Waals surface area contributed by atoms with Crippen LogP contribution >= 0.6 is 0 Å². The zero-order chi connectivity index (χ0) is 19.8. The van der Waals surface area contributed by atoms with Crippen molar-refractivity contribution in [2.75, 3.05) is 0 Å². The Morgan fingerprint density at radius 3 is 1.30 bits per heavy atom. The van der Waals surface area contributed by atoms with E-state index in [0.29, 0.717) is 0 Å². The van der Waals surface area contributed by atoms with E-state index in [1.54, 1.807) is 22.3 Å². The van der Waals surface area contributed by atoms with Gasteiger partial charge in [-0.3, -0.25) is 0 Å². The van der Waals surface area contributed by atoms with E-state index in [9.17, 15) is 0 Å². The summed E-state index contributed by atoms with van der Waals surface area (Å²) in [6.45, 7) is 16.3. The van der Waals surface area contributed by atoms with Gasteiger partial charge in [-0.2, -0.15) is 25.7 Å². The Kier molecular flexibility index (Phi) is 18.4. The maximum atomic E-state index is 3.64. The van der Waals surface area contributed by atoms with Gasteiger partial charge in [-0.1, -0.05) is 59.4 Å². The van der Waals surface area contributed by atoms with Gasteiger partial charge in [0.1, 0.15) is 0 Å². The number of hydrogen-bond donors (Lipinski definition) is 0. The molecule has 0 radical (unpaired) electrons. The third-order valence-electron chi connectivity index (χ3n) is 6.60. The van der Waals surface area contributed by atoms with E-state index >= 15 is 0 Å². The predicted molar refractivity (Wildman–Crippen MR) is 121 cm³/mol. The minimum Gasteiger partial charge on any atom is -1.00 e. The van der Waals surface area contributed by atoms with Crippen molar-refractivity contribution in [2.45, 2.75) is 72.6 Å². The van der Waals surface area contributed by atoms with Gasteiger partial charge in [-0.25, -0.2) is 0 Å². The number of allylic oxidation sites excluding steroid dienone is 8. The van der Waals surface area contributed by atoms with Gasteiger partial charge in [-0.05, 0) is 39.5 Å². The first-order chi connectivity index (χ1) is 13.0. The molecule has 4 aliphatic rings. The van der Waals surface area contributed by atoms with Crippen molar-refractivity contribution < 1.29 is 51.0 Å². The minimum absolute atomic E-state index is 0. The predicted octanol–water partition coefficient (Wildman–Crippen LogP) is 2.08. The number of fused-ring (bicyclic) bond motifs is 2. The molecule has 170 valence electrons. The molecule has 0 saturated heterocycles. The SMILES string of the molecule is CC1=CC=C(C)C2CC[CH-]C12.CC1=CC=C(C)C2CC[CH-]C12.[CH2-]CCC[CH2-].[Cl-].[Cl-].[Zr+2]. The van der Waals surface area contributed by atoms with E-state index in [1.165, 1.54) is 32.1 Å². The normalized spacial score (nSPS) is 27.9. The molecule has 0 amide bonds. The van der Waals surface area contributed by atoms with E-state index in [1.807, 2.05) is 0 Å². The molecule has 0 bridgehead atoms. The van der Waals surface area contributed by atoms with Gasteiger partial charge in [0.25, 0.3) is 0 Å². The van der Waals surface area contributed by atoms with Crippen LogP contribution in [0.4, 0.5) is 0 Å². The van der Waals surface area contributed by atoms with Gasteiger partial charge in [-0.15, -0.1) is 18.3 Å². The van der Waals surface area contributed by atoms with Crippen molar-refractivity contribution >= 4 is 0 Å². The fourth-order valence-electron chi connectivity index (χ4n) is 4.80. The van der Waals surface area contributed by atoms with Crippen LogP contribution in [0.25, 0.3) is 0 Å². The summed E-state index contributed by atoms with van der Waals surface area (Å²) in [7, 11) is 0. The summed E-state index contributed by atoms with van der Waals surface area (Å²) in [6.07, 6.45) is 22.7. The Morgan fingerprint density at radius 2 is 1.03 bits per heavy atom. The molecule has 30 heavy (non-hydrogen) atoms. The number of halogens is 2. The molecular formula is C27H40Cl2Zr-4. The standard InChI is InChI=1S/2C11H15.C5H10.2ClH.Zr/c2*1-8-6-7-9(2)11-5-3-4-10(8)11;1-3-5-4-2;;;/h2*4,6-7,10-11H,3,5H2,1-2H3;1-5H2;2*1H;/q2*-1;-2;;;+2/p-2. The summed E-state index contributed by atoms with van der Waals surface area (Å²) >= 11 is 0. The molecule has 4 rings (SSSR count). The summed E-state index contributed by atoms with van der Waals surface area (Å²) in [5.41, 5.74) is 6.26. The van der Waals surface area contributed by atoms with Crippen LogP contribution in [-0.2, 0) is 26.2 Å². The van der Waals surface area contributed by atoms with Crippen LogP contribution < -0.4 is 24.8 Å². The third-order valence-corrected chi connectivity index (χ3v) is 6.60. The van der Waals surface area contributed by atoms with Crippen LogP contribution in [0.1, 0.15) is 72.6 Å². The van der Waals surface area contributed by atoms with Crippen molar-refractivity contribution in [3.8, 4) is 0 Å². The first kappa shape index (κ1) is 32.6. The number of hydrogen-bond acceptors (Lipinski definition) is 0. The maximum absolute atomic E-state index is 3.64. The van der Waals surface area contributed by atoms with Gasteiger partial charge < -0.3 is 51.5 Å². The van der Waals surface area contributed by atoms with Gasteiger partial charge in [0.2, 0.25) is 0 Å². The first-order valence-corrected chi connectivity index (χ1v) is 10.9. The van der Waals surface area contributed by atoms with Crippen molar-refractivity contribution in [1.82, 2.24) is 0 Å². The Labute approximate surface area is 219 Å². The topological polar surface area (TPSA) is 0 Å². The van der Waals surface area contributed by atoms with Crippen LogP contribution in [0, 0.1) is 50.4 Å². The van der Waals surface area contributed by atoms with Gasteiger partial charge in [0.05, 0.1) is 0 Å². The first-order valence-electron chi connectivity index (χ1n) is 10.9. The molecule has 0 aromatic carbocycles. The average molecular weight is 527 g/mol. The fraction of sp³-hybridized carbons (Fsp3) is 0.556. The Bertz CT molecular complexity index is 500. The largest absolute Gasteiger partial charge is 2.00 e.